The zero-order chi connectivity index (χ0) is 17.0. The van der Waals surface area contributed by atoms with Gasteiger partial charge in [-0.05, 0) is 35.9 Å². The third kappa shape index (κ3) is 4.87. The molecule has 4 nitrogen and oxygen atoms in total. The molecule has 0 amide bonds. The molecule has 0 bridgehead atoms. The Morgan fingerprint density at radius 2 is 1.78 bits per heavy atom. The number of ether oxygens (including phenoxy) is 1. The van der Waals surface area contributed by atoms with Gasteiger partial charge in [0.05, 0.1) is 5.69 Å². The second-order valence-corrected chi connectivity index (χ2v) is 7.03. The average Bonchev–Trinajstić information content (AvgIpc) is 2.48. The van der Waals surface area contributed by atoms with Crippen LogP contribution in [0, 0.1) is 5.82 Å². The fourth-order valence-corrected chi connectivity index (χ4v) is 2.54. The lowest BCUT2D eigenvalue weighted by molar-refractivity contribution is 0.236. The van der Waals surface area contributed by atoms with Gasteiger partial charge in [-0.25, -0.2) is 12.8 Å². The predicted molar refractivity (Wildman–Crippen MR) is 83.4 cm³/mol. The largest absolute Gasteiger partial charge is 0.487 e. The van der Waals surface area contributed by atoms with Crippen molar-refractivity contribution in [3.05, 3.63) is 58.3 Å². The van der Waals surface area contributed by atoms with E-state index in [1.54, 1.807) is 4.72 Å². The Kier molecular flexibility index (Phi) is 5.53. The standard InChI is InChI=1S/C14H11BrF3NO3S/c15-10-3-6-12(19-23(20,21)14(17)18)13(7-10)22-8-9-1-4-11(16)5-2-9/h1-7,14,19H,8H2. The lowest BCUT2D eigenvalue weighted by Gasteiger charge is -2.14. The molecule has 0 saturated carbocycles. The number of anilines is 1. The summed E-state index contributed by atoms with van der Waals surface area (Å²) in [5, 5.41) is 0. The first-order valence-electron chi connectivity index (χ1n) is 6.24. The zero-order valence-electron chi connectivity index (χ0n) is 11.5. The molecule has 0 aromatic heterocycles. The Morgan fingerprint density at radius 3 is 2.39 bits per heavy atom. The molecule has 0 unspecified atom stereocenters. The molecule has 9 heteroatoms. The number of sulfonamides is 1. The summed E-state index contributed by atoms with van der Waals surface area (Å²) in [4.78, 5) is 0. The maximum Gasteiger partial charge on any atom is 0.355 e. The van der Waals surface area contributed by atoms with Crippen LogP contribution in [-0.4, -0.2) is 14.2 Å². The lowest BCUT2D eigenvalue weighted by Crippen LogP contribution is -2.21. The molecule has 0 aliphatic heterocycles. The van der Waals surface area contributed by atoms with Gasteiger partial charge in [0.15, 0.2) is 0 Å². The topological polar surface area (TPSA) is 55.4 Å². The van der Waals surface area contributed by atoms with Gasteiger partial charge < -0.3 is 4.74 Å². The van der Waals surface area contributed by atoms with E-state index in [1.165, 1.54) is 42.5 Å². The van der Waals surface area contributed by atoms with Crippen molar-refractivity contribution in [2.24, 2.45) is 0 Å². The molecule has 0 fully saturated rings. The summed E-state index contributed by atoms with van der Waals surface area (Å²) in [6.45, 7) is 0.0140. The van der Waals surface area contributed by atoms with E-state index in [2.05, 4.69) is 15.9 Å². The molecule has 0 spiro atoms. The van der Waals surface area contributed by atoms with Crippen LogP contribution in [0.4, 0.5) is 18.9 Å². The van der Waals surface area contributed by atoms with Crippen LogP contribution in [0.2, 0.25) is 0 Å². The molecule has 2 aromatic carbocycles. The van der Waals surface area contributed by atoms with Crippen molar-refractivity contribution < 1.29 is 26.3 Å². The van der Waals surface area contributed by atoms with Crippen molar-refractivity contribution in [2.75, 3.05) is 4.72 Å². The van der Waals surface area contributed by atoms with E-state index < -0.39 is 21.6 Å². The van der Waals surface area contributed by atoms with Gasteiger partial charge in [0, 0.05) is 4.47 Å². The average molecular weight is 410 g/mol. The quantitative estimate of drug-likeness (QED) is 0.779. The van der Waals surface area contributed by atoms with Crippen molar-refractivity contribution >= 4 is 31.6 Å². The first-order valence-corrected chi connectivity index (χ1v) is 8.58. The Bertz CT molecular complexity index is 782. The minimum atomic E-state index is -4.80. The third-order valence-corrected chi connectivity index (χ3v) is 4.20. The van der Waals surface area contributed by atoms with Crippen molar-refractivity contribution in [3.63, 3.8) is 0 Å². The number of alkyl halides is 2. The molecule has 0 atom stereocenters. The van der Waals surface area contributed by atoms with Crippen LogP contribution in [0.25, 0.3) is 0 Å². The maximum atomic E-state index is 12.8. The Hall–Kier alpha value is -1.74. The van der Waals surface area contributed by atoms with E-state index in [4.69, 9.17) is 4.74 Å². The van der Waals surface area contributed by atoms with E-state index in [1.807, 2.05) is 0 Å². The first kappa shape index (κ1) is 17.6. The van der Waals surface area contributed by atoms with Gasteiger partial charge in [0.25, 0.3) is 10.0 Å². The summed E-state index contributed by atoms with van der Waals surface area (Å²) in [5.74, 6) is -3.90. The Balaban J connectivity index is 2.20. The highest BCUT2D eigenvalue weighted by molar-refractivity contribution is 9.10. The van der Waals surface area contributed by atoms with E-state index in [9.17, 15) is 21.6 Å². The maximum absolute atomic E-state index is 12.8. The van der Waals surface area contributed by atoms with Crippen LogP contribution >= 0.6 is 15.9 Å². The normalized spacial score (nSPS) is 11.5. The molecule has 124 valence electrons. The molecule has 2 rings (SSSR count). The van der Waals surface area contributed by atoms with E-state index in [0.29, 0.717) is 10.0 Å². The Morgan fingerprint density at radius 1 is 1.13 bits per heavy atom. The number of halogens is 4. The van der Waals surface area contributed by atoms with E-state index in [-0.39, 0.29) is 18.0 Å². The zero-order valence-corrected chi connectivity index (χ0v) is 13.9. The molecule has 1 N–H and O–H groups in total. The van der Waals surface area contributed by atoms with Gasteiger partial charge in [-0.1, -0.05) is 28.1 Å². The molecule has 2 aromatic rings. The van der Waals surface area contributed by atoms with Crippen LogP contribution in [-0.2, 0) is 16.6 Å². The van der Waals surface area contributed by atoms with Gasteiger partial charge in [-0.2, -0.15) is 8.78 Å². The van der Waals surface area contributed by atoms with Crippen molar-refractivity contribution in [2.45, 2.75) is 12.4 Å². The van der Waals surface area contributed by atoms with Crippen LogP contribution in [0.1, 0.15) is 5.56 Å². The minimum absolute atomic E-state index is 0.0140. The second-order valence-electron chi connectivity index (χ2n) is 4.46. The van der Waals surface area contributed by atoms with Gasteiger partial charge in [-0.15, -0.1) is 0 Å². The van der Waals surface area contributed by atoms with Gasteiger partial charge in [0.2, 0.25) is 0 Å². The Labute approximate surface area is 139 Å². The van der Waals surface area contributed by atoms with Gasteiger partial charge in [-0.3, -0.25) is 4.72 Å². The first-order chi connectivity index (χ1) is 10.8. The summed E-state index contributed by atoms with van der Waals surface area (Å²) in [6, 6.07) is 9.71. The summed E-state index contributed by atoms with van der Waals surface area (Å²) in [6.07, 6.45) is 0. The highest BCUT2D eigenvalue weighted by Gasteiger charge is 2.25. The lowest BCUT2D eigenvalue weighted by atomic mass is 10.2. The molecule has 0 radical (unpaired) electrons. The molecule has 0 aliphatic rings. The smallest absolute Gasteiger partial charge is 0.355 e. The number of hydrogen-bond acceptors (Lipinski definition) is 3. The number of rotatable bonds is 6. The SMILES string of the molecule is O=S(=O)(Nc1ccc(Br)cc1OCc1ccc(F)cc1)C(F)F. The third-order valence-electron chi connectivity index (χ3n) is 2.74. The summed E-state index contributed by atoms with van der Waals surface area (Å²) < 4.78 is 68.1. The molecule has 0 saturated heterocycles. The fraction of sp³-hybridized carbons (Fsp3) is 0.143. The molecule has 0 aliphatic carbocycles. The predicted octanol–water partition coefficient (Wildman–Crippen LogP) is 4.13. The number of nitrogens with one attached hydrogen (secondary N) is 1. The highest BCUT2D eigenvalue weighted by Crippen LogP contribution is 2.30. The van der Waals surface area contributed by atoms with Crippen molar-refractivity contribution in [3.8, 4) is 5.75 Å². The molecular weight excluding hydrogens is 399 g/mol. The van der Waals surface area contributed by atoms with Gasteiger partial charge in [0.1, 0.15) is 18.2 Å². The monoisotopic (exact) mass is 409 g/mol. The molecule has 23 heavy (non-hydrogen) atoms. The highest BCUT2D eigenvalue weighted by atomic mass is 79.9. The van der Waals surface area contributed by atoms with E-state index >= 15 is 0 Å². The van der Waals surface area contributed by atoms with E-state index in [0.717, 1.165) is 0 Å². The fourth-order valence-electron chi connectivity index (χ4n) is 1.64. The second kappa shape index (κ2) is 7.22. The number of benzene rings is 2. The van der Waals surface area contributed by atoms with Gasteiger partial charge >= 0.3 is 5.76 Å². The van der Waals surface area contributed by atoms with Crippen LogP contribution in [0.5, 0.6) is 5.75 Å². The van der Waals surface area contributed by atoms with Crippen LogP contribution in [0.15, 0.2) is 46.9 Å². The number of hydrogen-bond donors (Lipinski definition) is 1. The van der Waals surface area contributed by atoms with Crippen molar-refractivity contribution in [1.82, 2.24) is 0 Å². The summed E-state index contributed by atoms with van der Waals surface area (Å²) in [7, 11) is -4.80. The van der Waals surface area contributed by atoms with Crippen LogP contribution in [0.3, 0.4) is 0 Å². The van der Waals surface area contributed by atoms with Crippen LogP contribution < -0.4 is 9.46 Å². The summed E-state index contributed by atoms with van der Waals surface area (Å²) >= 11 is 3.19. The molecule has 0 heterocycles. The minimum Gasteiger partial charge on any atom is -0.487 e. The van der Waals surface area contributed by atoms with Crippen molar-refractivity contribution in [1.29, 1.82) is 0 Å². The summed E-state index contributed by atoms with van der Waals surface area (Å²) in [5.41, 5.74) is 0.518. The molecular formula is C14H11BrF3NO3S.